The highest BCUT2D eigenvalue weighted by Crippen LogP contribution is 2.30. The van der Waals surface area contributed by atoms with Crippen molar-refractivity contribution in [1.29, 1.82) is 0 Å². The summed E-state index contributed by atoms with van der Waals surface area (Å²) in [7, 11) is 0. The number of rotatable bonds is 9. The third-order valence-electron chi connectivity index (χ3n) is 6.70. The van der Waals surface area contributed by atoms with Crippen molar-refractivity contribution in [2.45, 2.75) is 50.7 Å². The number of amides is 1. The molecule has 1 aliphatic rings. The number of benzene rings is 3. The zero-order valence-electron chi connectivity index (χ0n) is 20.3. The Bertz CT molecular complexity index is 1100. The molecule has 0 radical (unpaired) electrons. The number of hydrogen-bond acceptors (Lipinski definition) is 3. The number of anilines is 1. The molecule has 1 heterocycles. The molecule has 1 saturated heterocycles. The summed E-state index contributed by atoms with van der Waals surface area (Å²) in [5, 5.41) is 6.96. The van der Waals surface area contributed by atoms with Gasteiger partial charge in [-0.1, -0.05) is 48.9 Å². The first-order valence-corrected chi connectivity index (χ1v) is 12.7. The number of carbonyl (C=O) groups excluding carboxylic acids is 1. The van der Waals surface area contributed by atoms with Crippen molar-refractivity contribution in [2.75, 3.05) is 18.5 Å². The third kappa shape index (κ3) is 6.90. The Morgan fingerprint density at radius 2 is 1.78 bits per heavy atom. The summed E-state index contributed by atoms with van der Waals surface area (Å²) in [6, 6.07) is 18.4. The minimum Gasteiger partial charge on any atom is -0.375 e. The zero-order chi connectivity index (χ0) is 25.5. The van der Waals surface area contributed by atoms with E-state index in [-0.39, 0.29) is 36.0 Å². The molecule has 1 aliphatic heterocycles. The van der Waals surface area contributed by atoms with Gasteiger partial charge in [0.25, 0.3) is 0 Å². The molecule has 4 nitrogen and oxygen atoms in total. The van der Waals surface area contributed by atoms with Gasteiger partial charge in [0, 0.05) is 41.2 Å². The normalized spacial score (nSPS) is 18.6. The zero-order valence-corrected chi connectivity index (χ0v) is 21.0. The number of halogens is 3. The van der Waals surface area contributed by atoms with Crippen LogP contribution in [0.4, 0.5) is 14.5 Å². The Balaban J connectivity index is 1.47. The Kier molecular flexibility index (Phi) is 9.08. The van der Waals surface area contributed by atoms with Crippen molar-refractivity contribution in [3.63, 3.8) is 0 Å². The van der Waals surface area contributed by atoms with E-state index in [1.165, 1.54) is 18.2 Å². The van der Waals surface area contributed by atoms with E-state index in [9.17, 15) is 13.6 Å². The number of ether oxygens (including phenoxy) is 1. The second kappa shape index (κ2) is 12.4. The molecule has 3 aromatic carbocycles. The minimum atomic E-state index is -0.351. The smallest absolute Gasteiger partial charge is 0.225 e. The van der Waals surface area contributed by atoms with Crippen molar-refractivity contribution in [3.8, 4) is 0 Å². The number of hydrogen-bond donors (Lipinski definition) is 2. The molecule has 0 bridgehead atoms. The molecule has 0 aromatic heterocycles. The highest BCUT2D eigenvalue weighted by molar-refractivity contribution is 6.30. The SMILES string of the molecule is CC[C@@H]1CO[C@H](CCc2c(F)cccc2NC(=O)C[C@H](c2ccc(F)cc2)c2ccc(Cl)cc2)CN1. The van der Waals surface area contributed by atoms with E-state index < -0.39 is 0 Å². The topological polar surface area (TPSA) is 50.4 Å². The van der Waals surface area contributed by atoms with Gasteiger partial charge in [-0.05, 0) is 66.8 Å². The first-order chi connectivity index (χ1) is 17.4. The molecule has 7 heteroatoms. The van der Waals surface area contributed by atoms with Crippen LogP contribution < -0.4 is 10.6 Å². The molecular formula is C29H31ClF2N2O2. The Morgan fingerprint density at radius 3 is 2.42 bits per heavy atom. The van der Waals surface area contributed by atoms with E-state index in [0.717, 1.165) is 24.1 Å². The van der Waals surface area contributed by atoms with Crippen LogP contribution in [0.2, 0.25) is 5.02 Å². The first kappa shape index (κ1) is 26.3. The van der Waals surface area contributed by atoms with Crippen LogP contribution in [0, 0.1) is 11.6 Å². The number of morpholine rings is 1. The first-order valence-electron chi connectivity index (χ1n) is 12.4. The van der Waals surface area contributed by atoms with Crippen LogP contribution in [-0.2, 0) is 16.0 Å². The van der Waals surface area contributed by atoms with Crippen LogP contribution in [0.25, 0.3) is 0 Å². The maximum atomic E-state index is 14.8. The van der Waals surface area contributed by atoms with Gasteiger partial charge in [0.1, 0.15) is 11.6 Å². The lowest BCUT2D eigenvalue weighted by molar-refractivity contribution is -0.116. The highest BCUT2D eigenvalue weighted by Gasteiger charge is 2.22. The van der Waals surface area contributed by atoms with Crippen molar-refractivity contribution in [1.82, 2.24) is 5.32 Å². The summed E-state index contributed by atoms with van der Waals surface area (Å²) >= 11 is 6.05. The largest absolute Gasteiger partial charge is 0.375 e. The van der Waals surface area contributed by atoms with Crippen molar-refractivity contribution < 1.29 is 18.3 Å². The van der Waals surface area contributed by atoms with Crippen LogP contribution in [0.3, 0.4) is 0 Å². The van der Waals surface area contributed by atoms with Gasteiger partial charge in [0.05, 0.1) is 12.7 Å². The van der Waals surface area contributed by atoms with E-state index in [1.807, 2.05) is 12.1 Å². The Hall–Kier alpha value is -2.80. The maximum Gasteiger partial charge on any atom is 0.225 e. The predicted molar refractivity (Wildman–Crippen MR) is 139 cm³/mol. The highest BCUT2D eigenvalue weighted by atomic mass is 35.5. The minimum absolute atomic E-state index is 0.00344. The van der Waals surface area contributed by atoms with Crippen molar-refractivity contribution in [2.24, 2.45) is 0 Å². The summed E-state index contributed by atoms with van der Waals surface area (Å²) in [5.41, 5.74) is 2.62. The fourth-order valence-corrected chi connectivity index (χ4v) is 4.68. The Morgan fingerprint density at radius 1 is 1.08 bits per heavy atom. The lowest BCUT2D eigenvalue weighted by Crippen LogP contribution is -2.46. The van der Waals surface area contributed by atoms with E-state index in [0.29, 0.717) is 41.8 Å². The second-order valence-corrected chi connectivity index (χ2v) is 9.62. The van der Waals surface area contributed by atoms with Gasteiger partial charge in [0.15, 0.2) is 0 Å². The van der Waals surface area contributed by atoms with Gasteiger partial charge in [-0.2, -0.15) is 0 Å². The van der Waals surface area contributed by atoms with Crippen LogP contribution >= 0.6 is 11.6 Å². The molecule has 0 spiro atoms. The average molecular weight is 513 g/mol. The fourth-order valence-electron chi connectivity index (χ4n) is 4.56. The standard InChI is InChI=1S/C29H31ClF2N2O2/c1-2-23-18-36-24(17-33-23)14-15-25-27(32)4-3-5-28(25)34-29(35)16-26(19-6-10-21(30)11-7-19)20-8-12-22(31)13-9-20/h3-13,23-24,26,33H,2,14-18H2,1H3,(H,34,35)/t23-,24-,26+/m1/s1. The van der Waals surface area contributed by atoms with Crippen LogP contribution in [0.5, 0.6) is 0 Å². The van der Waals surface area contributed by atoms with Crippen LogP contribution in [-0.4, -0.2) is 31.2 Å². The van der Waals surface area contributed by atoms with Crippen LogP contribution in [0.15, 0.2) is 66.7 Å². The summed E-state index contributed by atoms with van der Waals surface area (Å²) in [5.74, 6) is -1.26. The maximum absolute atomic E-state index is 14.8. The van der Waals surface area contributed by atoms with E-state index in [1.54, 1.807) is 36.4 Å². The van der Waals surface area contributed by atoms with Gasteiger partial charge in [0.2, 0.25) is 5.91 Å². The molecule has 36 heavy (non-hydrogen) atoms. The predicted octanol–water partition coefficient (Wildman–Crippen LogP) is 6.48. The molecule has 1 fully saturated rings. The lowest BCUT2D eigenvalue weighted by Gasteiger charge is -2.30. The van der Waals surface area contributed by atoms with Gasteiger partial charge in [-0.15, -0.1) is 0 Å². The molecule has 3 aromatic rings. The lowest BCUT2D eigenvalue weighted by atomic mass is 9.88. The number of nitrogens with one attached hydrogen (secondary N) is 2. The molecule has 190 valence electrons. The molecular weight excluding hydrogens is 482 g/mol. The van der Waals surface area contributed by atoms with Crippen LogP contribution in [0.1, 0.15) is 48.8 Å². The van der Waals surface area contributed by atoms with Crippen molar-refractivity contribution >= 4 is 23.2 Å². The van der Waals surface area contributed by atoms with Gasteiger partial charge in [-0.3, -0.25) is 4.79 Å². The average Bonchev–Trinajstić information content (AvgIpc) is 2.88. The molecule has 0 unspecified atom stereocenters. The Labute approximate surface area is 216 Å². The molecule has 0 aliphatic carbocycles. The molecule has 0 saturated carbocycles. The fraction of sp³-hybridized carbons (Fsp3) is 0.345. The monoisotopic (exact) mass is 512 g/mol. The third-order valence-corrected chi connectivity index (χ3v) is 6.96. The van der Waals surface area contributed by atoms with Gasteiger partial charge < -0.3 is 15.4 Å². The van der Waals surface area contributed by atoms with Gasteiger partial charge in [-0.25, -0.2) is 8.78 Å². The summed E-state index contributed by atoms with van der Waals surface area (Å²) in [6.45, 7) is 3.50. The van der Waals surface area contributed by atoms with E-state index in [2.05, 4.69) is 17.6 Å². The summed E-state index contributed by atoms with van der Waals surface area (Å²) in [4.78, 5) is 13.2. The molecule has 3 atom stereocenters. The summed E-state index contributed by atoms with van der Waals surface area (Å²) < 4.78 is 34.2. The van der Waals surface area contributed by atoms with Gasteiger partial charge >= 0.3 is 0 Å². The summed E-state index contributed by atoms with van der Waals surface area (Å²) in [6.07, 6.45) is 2.21. The quantitative estimate of drug-likeness (QED) is 0.345. The van der Waals surface area contributed by atoms with E-state index in [4.69, 9.17) is 16.3 Å². The molecule has 2 N–H and O–H groups in total. The second-order valence-electron chi connectivity index (χ2n) is 9.18. The molecule has 4 rings (SSSR count). The van der Waals surface area contributed by atoms with E-state index >= 15 is 0 Å². The molecule has 1 amide bonds. The van der Waals surface area contributed by atoms with Crippen molar-refractivity contribution in [3.05, 3.63) is 100 Å². The number of carbonyl (C=O) groups is 1.